The Balaban J connectivity index is 3.12. The highest BCUT2D eigenvalue weighted by atomic mass is 35.6. The molecule has 0 bridgehead atoms. The van der Waals surface area contributed by atoms with Gasteiger partial charge < -0.3 is 14.9 Å². The van der Waals surface area contributed by atoms with E-state index in [1.54, 1.807) is 6.92 Å². The van der Waals surface area contributed by atoms with E-state index in [1.807, 2.05) is 0 Å². The fourth-order valence-electron chi connectivity index (χ4n) is 2.33. The minimum atomic E-state index is -1.77. The quantitative estimate of drug-likeness (QED) is 0.500. The summed E-state index contributed by atoms with van der Waals surface area (Å²) in [5.41, 5.74) is 0.0945. The third-order valence-corrected chi connectivity index (χ3v) is 6.06. The molecule has 0 aromatic carbocycles. The number of allylic oxidation sites excluding steroid dienone is 1. The number of alkyl halides is 6. The fourth-order valence-corrected chi connectivity index (χ4v) is 2.99. The third-order valence-electron chi connectivity index (χ3n) is 4.10. The van der Waals surface area contributed by atoms with Crippen LogP contribution in [-0.2, 0) is 9.59 Å². The van der Waals surface area contributed by atoms with E-state index < -0.39 is 43.9 Å². The lowest BCUT2D eigenvalue weighted by molar-refractivity contribution is -0.149. The van der Waals surface area contributed by atoms with E-state index in [0.717, 1.165) is 0 Å². The van der Waals surface area contributed by atoms with E-state index in [-0.39, 0.29) is 12.1 Å². The first-order valence-corrected chi connectivity index (χ1v) is 9.49. The predicted octanol–water partition coefficient (Wildman–Crippen LogP) is 3.54. The van der Waals surface area contributed by atoms with E-state index >= 15 is 0 Å². The zero-order valence-electron chi connectivity index (χ0n) is 13.6. The van der Waals surface area contributed by atoms with Crippen LogP contribution in [0.1, 0.15) is 13.3 Å². The van der Waals surface area contributed by atoms with Crippen molar-refractivity contribution in [1.29, 1.82) is 0 Å². The Morgan fingerprint density at radius 2 is 1.64 bits per heavy atom. The SMILES string of the molecule is CC(C=C1C(=O)N(C)C(CC(CO)C(Cl)(Cl)Cl)C(=O)N1C)C(Cl)(Cl)Cl. The molecule has 11 heteroatoms. The van der Waals surface area contributed by atoms with Crippen LogP contribution in [0.2, 0.25) is 0 Å². The summed E-state index contributed by atoms with van der Waals surface area (Å²) in [4.78, 5) is 27.8. The van der Waals surface area contributed by atoms with Crippen molar-refractivity contribution < 1.29 is 14.7 Å². The van der Waals surface area contributed by atoms with Crippen molar-refractivity contribution in [2.24, 2.45) is 11.8 Å². The van der Waals surface area contributed by atoms with Gasteiger partial charge in [0.15, 0.2) is 7.59 Å². The number of piperazine rings is 1. The summed E-state index contributed by atoms with van der Waals surface area (Å²) in [6.07, 6.45) is 1.42. The fraction of sp³-hybridized carbons (Fsp3) is 0.714. The molecule has 2 amide bonds. The molecule has 0 spiro atoms. The smallest absolute Gasteiger partial charge is 0.270 e. The number of rotatable bonds is 4. The average molecular weight is 475 g/mol. The molecule has 1 aliphatic heterocycles. The summed E-state index contributed by atoms with van der Waals surface area (Å²) in [6, 6.07) is -0.884. The minimum Gasteiger partial charge on any atom is -0.396 e. The van der Waals surface area contributed by atoms with Crippen LogP contribution < -0.4 is 0 Å². The van der Waals surface area contributed by atoms with Crippen LogP contribution in [0, 0.1) is 11.8 Å². The molecule has 0 radical (unpaired) electrons. The van der Waals surface area contributed by atoms with Crippen molar-refractivity contribution in [3.05, 3.63) is 11.8 Å². The summed E-state index contributed by atoms with van der Waals surface area (Å²) < 4.78 is -3.39. The topological polar surface area (TPSA) is 60.9 Å². The lowest BCUT2D eigenvalue weighted by Crippen LogP contribution is -2.57. The molecule has 3 unspecified atom stereocenters. The monoisotopic (exact) mass is 472 g/mol. The van der Waals surface area contributed by atoms with Crippen molar-refractivity contribution in [3.63, 3.8) is 0 Å². The van der Waals surface area contributed by atoms with Gasteiger partial charge in [0.05, 0.1) is 6.61 Å². The van der Waals surface area contributed by atoms with Crippen molar-refractivity contribution >= 4 is 81.4 Å². The molecule has 0 aromatic heterocycles. The molecule has 0 aromatic rings. The number of amides is 2. The largest absolute Gasteiger partial charge is 0.396 e. The zero-order chi connectivity index (χ0) is 19.7. The number of carbonyl (C=O) groups excluding carboxylic acids is 2. The normalized spacial score (nSPS) is 24.1. The molecular formula is C14H18Cl6N2O3. The molecule has 1 N–H and O–H groups in total. The van der Waals surface area contributed by atoms with Gasteiger partial charge in [0.1, 0.15) is 11.7 Å². The molecule has 1 heterocycles. The summed E-state index contributed by atoms with van der Waals surface area (Å²) in [7, 11) is 2.90. The molecule has 1 aliphatic rings. The second kappa shape index (κ2) is 8.59. The van der Waals surface area contributed by atoms with Gasteiger partial charge in [-0.25, -0.2) is 0 Å². The van der Waals surface area contributed by atoms with Gasteiger partial charge in [-0.05, 0) is 12.5 Å². The summed E-state index contributed by atoms with van der Waals surface area (Å²) >= 11 is 34.9. The molecule has 3 atom stereocenters. The Bertz CT molecular complexity index is 558. The third kappa shape index (κ3) is 5.68. The Morgan fingerprint density at radius 3 is 2.04 bits per heavy atom. The zero-order valence-corrected chi connectivity index (χ0v) is 18.2. The van der Waals surface area contributed by atoms with Gasteiger partial charge in [0.25, 0.3) is 5.91 Å². The van der Waals surface area contributed by atoms with Crippen LogP contribution in [0.25, 0.3) is 0 Å². The predicted molar refractivity (Wildman–Crippen MR) is 102 cm³/mol. The molecule has 144 valence electrons. The minimum absolute atomic E-state index is 0.00823. The molecule has 0 aliphatic carbocycles. The van der Waals surface area contributed by atoms with E-state index in [2.05, 4.69) is 0 Å². The first-order valence-electron chi connectivity index (χ1n) is 7.22. The van der Waals surface area contributed by atoms with Crippen molar-refractivity contribution in [2.75, 3.05) is 20.7 Å². The van der Waals surface area contributed by atoms with Gasteiger partial charge in [0, 0.05) is 25.9 Å². The highest BCUT2D eigenvalue weighted by molar-refractivity contribution is 6.68. The van der Waals surface area contributed by atoms with E-state index in [1.165, 1.54) is 30.0 Å². The second-order valence-electron chi connectivity index (χ2n) is 5.87. The van der Waals surface area contributed by atoms with Gasteiger partial charge in [-0.1, -0.05) is 76.5 Å². The number of likely N-dealkylation sites (N-methyl/N-ethyl adjacent to an activating group) is 2. The van der Waals surface area contributed by atoms with Crippen molar-refractivity contribution in [2.45, 2.75) is 27.0 Å². The average Bonchev–Trinajstić information content (AvgIpc) is 2.47. The summed E-state index contributed by atoms with van der Waals surface area (Å²) in [6.45, 7) is 1.17. The van der Waals surface area contributed by atoms with Gasteiger partial charge in [-0.2, -0.15) is 0 Å². The van der Waals surface area contributed by atoms with Crippen molar-refractivity contribution in [3.8, 4) is 0 Å². The van der Waals surface area contributed by atoms with Gasteiger partial charge in [-0.15, -0.1) is 0 Å². The Hall–Kier alpha value is 0.380. The number of nitrogens with zero attached hydrogens (tertiary/aromatic N) is 2. The van der Waals surface area contributed by atoms with Crippen LogP contribution in [0.4, 0.5) is 0 Å². The maximum atomic E-state index is 12.7. The number of hydrogen-bond donors (Lipinski definition) is 1. The molecule has 0 saturated carbocycles. The van der Waals surface area contributed by atoms with Crippen LogP contribution in [0.3, 0.4) is 0 Å². The molecule has 1 saturated heterocycles. The van der Waals surface area contributed by atoms with E-state index in [4.69, 9.17) is 69.6 Å². The molecule has 5 nitrogen and oxygen atoms in total. The summed E-state index contributed by atoms with van der Waals surface area (Å²) in [5, 5.41) is 9.42. The highest BCUT2D eigenvalue weighted by Gasteiger charge is 2.44. The van der Waals surface area contributed by atoms with E-state index in [0.29, 0.717) is 0 Å². The Morgan fingerprint density at radius 1 is 1.12 bits per heavy atom. The summed E-state index contributed by atoms with van der Waals surface area (Å²) in [5.74, 6) is -2.25. The van der Waals surface area contributed by atoms with Gasteiger partial charge in [-0.3, -0.25) is 9.59 Å². The van der Waals surface area contributed by atoms with Crippen LogP contribution in [0.15, 0.2) is 11.8 Å². The Labute approximate surface area is 176 Å². The Kier molecular flexibility index (Phi) is 8.05. The van der Waals surface area contributed by atoms with Crippen LogP contribution in [-0.4, -0.2) is 61.0 Å². The maximum Gasteiger partial charge on any atom is 0.270 e. The van der Waals surface area contributed by atoms with Gasteiger partial charge >= 0.3 is 0 Å². The first-order chi connectivity index (χ1) is 11.2. The van der Waals surface area contributed by atoms with Crippen LogP contribution in [0.5, 0.6) is 0 Å². The molecular weight excluding hydrogens is 457 g/mol. The maximum absolute atomic E-state index is 12.7. The number of carbonyl (C=O) groups is 2. The lowest BCUT2D eigenvalue weighted by atomic mass is 9.96. The molecule has 1 rings (SSSR count). The second-order valence-corrected chi connectivity index (χ2v) is 10.6. The number of halogens is 6. The first kappa shape index (κ1) is 23.4. The lowest BCUT2D eigenvalue weighted by Gasteiger charge is -2.40. The molecule has 25 heavy (non-hydrogen) atoms. The van der Waals surface area contributed by atoms with Crippen molar-refractivity contribution in [1.82, 2.24) is 9.80 Å². The molecule has 1 fully saturated rings. The number of aliphatic hydroxyl groups excluding tert-OH is 1. The van der Waals surface area contributed by atoms with Crippen LogP contribution >= 0.6 is 69.6 Å². The van der Waals surface area contributed by atoms with E-state index in [9.17, 15) is 14.7 Å². The highest BCUT2D eigenvalue weighted by Crippen LogP contribution is 2.40. The number of hydrogen-bond acceptors (Lipinski definition) is 3. The number of aliphatic hydroxyl groups is 1. The van der Waals surface area contributed by atoms with Gasteiger partial charge in [0.2, 0.25) is 5.91 Å². The standard InChI is InChI=1S/C14H18Cl6N2O3/c1-7(13(15,16)17)4-9-11(24)22(3)10(12(25)21(9)2)5-8(6-23)14(18,19)20/h4,7-8,10,23H,5-6H2,1-3H3.